The average molecular weight is 623 g/mol. The molecule has 5 aromatic rings. The van der Waals surface area contributed by atoms with Crippen molar-refractivity contribution in [3.8, 4) is 11.1 Å². The normalized spacial score (nSPS) is 14.1. The maximum Gasteiger partial charge on any atom is 0.433 e. The van der Waals surface area contributed by atoms with Crippen molar-refractivity contribution in [3.63, 3.8) is 0 Å². The summed E-state index contributed by atoms with van der Waals surface area (Å²) in [6.45, 7) is 3.77. The van der Waals surface area contributed by atoms with Gasteiger partial charge in [-0.2, -0.15) is 36.5 Å². The van der Waals surface area contributed by atoms with Gasteiger partial charge < -0.3 is 11.1 Å². The number of pyridine rings is 1. The molecule has 5 aromatic heterocycles. The minimum Gasteiger partial charge on any atom is -0.365 e. The molecule has 0 saturated heterocycles. The molecule has 3 N–H and O–H groups in total. The first kappa shape index (κ1) is 28.6. The SMILES string of the molecule is CCn1cc(-c2cc(C(F)(F)F)nc3sc(C(N)=O)c(NC(=O)c4cnn5c(C(F)(F)F)cc(C6CC6)nc45)c23)c(C)n1. The van der Waals surface area contributed by atoms with E-state index in [2.05, 4.69) is 25.5 Å². The summed E-state index contributed by atoms with van der Waals surface area (Å²) < 4.78 is 85.2. The second kappa shape index (κ2) is 9.75. The van der Waals surface area contributed by atoms with Crippen molar-refractivity contribution in [1.82, 2.24) is 29.4 Å². The lowest BCUT2D eigenvalue weighted by atomic mass is 10.0. The summed E-state index contributed by atoms with van der Waals surface area (Å²) in [5, 5.41) is 10.5. The number of rotatable bonds is 6. The predicted molar refractivity (Wildman–Crippen MR) is 143 cm³/mol. The fraction of sp³-hybridized carbons (Fsp3) is 0.308. The van der Waals surface area contributed by atoms with Crippen molar-refractivity contribution in [2.45, 2.75) is 51.5 Å². The van der Waals surface area contributed by atoms with Gasteiger partial charge >= 0.3 is 12.4 Å². The van der Waals surface area contributed by atoms with E-state index in [0.717, 1.165) is 18.3 Å². The van der Waals surface area contributed by atoms with E-state index in [-0.39, 0.29) is 54.7 Å². The third kappa shape index (κ3) is 4.96. The van der Waals surface area contributed by atoms with Gasteiger partial charge in [0.15, 0.2) is 5.65 Å². The predicted octanol–water partition coefficient (Wildman–Crippen LogP) is 5.80. The lowest BCUT2D eigenvalue weighted by Crippen LogP contribution is -2.18. The molecule has 0 bridgehead atoms. The molecule has 1 aliphatic rings. The lowest BCUT2D eigenvalue weighted by molar-refractivity contribution is -0.143. The van der Waals surface area contributed by atoms with Crippen LogP contribution in [0, 0.1) is 6.92 Å². The van der Waals surface area contributed by atoms with Gasteiger partial charge in [0, 0.05) is 35.3 Å². The number of hydrogen-bond donors (Lipinski definition) is 2. The molecule has 1 aliphatic carbocycles. The molecule has 2 amide bonds. The van der Waals surface area contributed by atoms with Crippen LogP contribution < -0.4 is 11.1 Å². The smallest absolute Gasteiger partial charge is 0.365 e. The van der Waals surface area contributed by atoms with Gasteiger partial charge in [-0.05, 0) is 44.4 Å². The second-order valence-corrected chi connectivity index (χ2v) is 11.0. The fourth-order valence-electron chi connectivity index (χ4n) is 4.81. The molecule has 0 atom stereocenters. The summed E-state index contributed by atoms with van der Waals surface area (Å²) in [7, 11) is 0. The van der Waals surface area contributed by atoms with Crippen LogP contribution in [0.5, 0.6) is 0 Å². The van der Waals surface area contributed by atoms with E-state index in [1.807, 2.05) is 0 Å². The van der Waals surface area contributed by atoms with Gasteiger partial charge in [-0.1, -0.05) is 0 Å². The van der Waals surface area contributed by atoms with E-state index in [1.54, 1.807) is 13.8 Å². The first-order valence-electron chi connectivity index (χ1n) is 12.8. The molecule has 10 nitrogen and oxygen atoms in total. The third-order valence-electron chi connectivity index (χ3n) is 7.00. The maximum absolute atomic E-state index is 13.9. The Hall–Kier alpha value is -4.54. The molecule has 17 heteroatoms. The summed E-state index contributed by atoms with van der Waals surface area (Å²) in [5.41, 5.74) is 3.02. The van der Waals surface area contributed by atoms with Crippen LogP contribution >= 0.6 is 11.3 Å². The monoisotopic (exact) mass is 622 g/mol. The molecule has 1 saturated carbocycles. The molecule has 0 spiro atoms. The number of carbonyl (C=O) groups is 2. The number of nitrogens with two attached hydrogens (primary N) is 1. The van der Waals surface area contributed by atoms with Crippen LogP contribution in [0.1, 0.15) is 68.5 Å². The second-order valence-electron chi connectivity index (χ2n) is 9.97. The Kier molecular flexibility index (Phi) is 6.48. The van der Waals surface area contributed by atoms with Crippen LogP contribution in [0.25, 0.3) is 27.0 Å². The largest absolute Gasteiger partial charge is 0.433 e. The van der Waals surface area contributed by atoms with Gasteiger partial charge in [0.05, 0.1) is 17.6 Å². The Morgan fingerprint density at radius 1 is 1.09 bits per heavy atom. The minimum atomic E-state index is -4.85. The van der Waals surface area contributed by atoms with E-state index in [9.17, 15) is 35.9 Å². The number of thiophene rings is 1. The quantitative estimate of drug-likeness (QED) is 0.230. The first-order chi connectivity index (χ1) is 20.2. The van der Waals surface area contributed by atoms with E-state index < -0.39 is 35.6 Å². The number of anilines is 1. The molecule has 0 radical (unpaired) electrons. The summed E-state index contributed by atoms with van der Waals surface area (Å²) in [6.07, 6.45) is -5.95. The Labute approximate surface area is 241 Å². The summed E-state index contributed by atoms with van der Waals surface area (Å²) in [5.74, 6) is -2.26. The van der Waals surface area contributed by atoms with Crippen molar-refractivity contribution in [1.29, 1.82) is 0 Å². The van der Waals surface area contributed by atoms with E-state index in [1.165, 1.54) is 10.9 Å². The molecule has 224 valence electrons. The highest BCUT2D eigenvalue weighted by molar-refractivity contribution is 7.21. The number of aromatic nitrogens is 6. The van der Waals surface area contributed by atoms with Gasteiger partial charge in [-0.25, -0.2) is 14.5 Å². The fourth-order valence-corrected chi connectivity index (χ4v) is 5.81. The number of aryl methyl sites for hydroxylation is 2. The van der Waals surface area contributed by atoms with Crippen LogP contribution in [0.2, 0.25) is 0 Å². The van der Waals surface area contributed by atoms with Crippen molar-refractivity contribution in [3.05, 3.63) is 57.7 Å². The van der Waals surface area contributed by atoms with Crippen molar-refractivity contribution in [2.75, 3.05) is 5.32 Å². The van der Waals surface area contributed by atoms with E-state index in [0.29, 0.717) is 40.9 Å². The summed E-state index contributed by atoms with van der Waals surface area (Å²) in [4.78, 5) is 33.5. The van der Waals surface area contributed by atoms with Gasteiger partial charge in [0.2, 0.25) is 0 Å². The maximum atomic E-state index is 13.9. The zero-order valence-corrected chi connectivity index (χ0v) is 23.1. The molecule has 5 heterocycles. The van der Waals surface area contributed by atoms with Crippen LogP contribution in [-0.2, 0) is 18.9 Å². The van der Waals surface area contributed by atoms with Crippen molar-refractivity contribution < 1.29 is 35.9 Å². The lowest BCUT2D eigenvalue weighted by Gasteiger charge is -2.12. The Morgan fingerprint density at radius 3 is 2.40 bits per heavy atom. The number of alkyl halides is 6. The molecule has 43 heavy (non-hydrogen) atoms. The number of halogens is 6. The van der Waals surface area contributed by atoms with E-state index in [4.69, 9.17) is 5.73 Å². The Morgan fingerprint density at radius 2 is 1.81 bits per heavy atom. The number of fused-ring (bicyclic) bond motifs is 2. The molecule has 0 aliphatic heterocycles. The first-order valence-corrected chi connectivity index (χ1v) is 13.6. The Balaban J connectivity index is 1.55. The van der Waals surface area contributed by atoms with Crippen LogP contribution in [-0.4, -0.2) is 41.2 Å². The molecule has 6 rings (SSSR count). The minimum absolute atomic E-state index is 0.0158. The van der Waals surface area contributed by atoms with Crippen molar-refractivity contribution >= 4 is 44.7 Å². The van der Waals surface area contributed by atoms with Gasteiger partial charge in [-0.3, -0.25) is 14.3 Å². The van der Waals surface area contributed by atoms with Gasteiger partial charge in [0.1, 0.15) is 26.7 Å². The van der Waals surface area contributed by atoms with Crippen molar-refractivity contribution in [2.24, 2.45) is 5.73 Å². The molecule has 0 aromatic carbocycles. The number of hydrogen-bond acceptors (Lipinski definition) is 7. The molecule has 1 fully saturated rings. The van der Waals surface area contributed by atoms with Crippen LogP contribution in [0.4, 0.5) is 32.0 Å². The highest BCUT2D eigenvalue weighted by Crippen LogP contribution is 2.45. The number of nitrogens with zero attached hydrogens (tertiary/aromatic N) is 6. The number of primary amides is 1. The van der Waals surface area contributed by atoms with E-state index >= 15 is 0 Å². The number of amides is 2. The van der Waals surface area contributed by atoms with Gasteiger partial charge in [-0.15, -0.1) is 11.3 Å². The third-order valence-corrected chi connectivity index (χ3v) is 8.10. The molecular formula is C26H20F6N8O2S. The highest BCUT2D eigenvalue weighted by Gasteiger charge is 2.39. The molecular weight excluding hydrogens is 602 g/mol. The summed E-state index contributed by atoms with van der Waals surface area (Å²) >= 11 is 0.540. The van der Waals surface area contributed by atoms with Crippen LogP contribution in [0.15, 0.2) is 24.5 Å². The summed E-state index contributed by atoms with van der Waals surface area (Å²) in [6, 6.07) is 1.68. The topological polar surface area (TPSA) is 133 Å². The zero-order chi connectivity index (χ0) is 31.0. The van der Waals surface area contributed by atoms with Crippen LogP contribution in [0.3, 0.4) is 0 Å². The van der Waals surface area contributed by atoms with Gasteiger partial charge in [0.25, 0.3) is 11.8 Å². The number of carbonyl (C=O) groups excluding carboxylic acids is 2. The highest BCUT2D eigenvalue weighted by atomic mass is 32.1. The molecule has 0 unspecified atom stereocenters. The average Bonchev–Trinajstić information content (AvgIpc) is 3.42. The zero-order valence-electron chi connectivity index (χ0n) is 22.3. The number of nitrogens with one attached hydrogen (secondary N) is 1. The Bertz CT molecular complexity index is 1950. The standard InChI is InChI=1S/C26H20F6N8O2S/c1-3-39-9-14(10(2)38-39)12-6-16(25(27,28)29)36-24-18(12)19(20(43-24)21(33)41)37-23(42)13-8-34-40-17(26(30,31)32)7-15(11-4-5-11)35-22(13)40/h6-9,11H,3-5H2,1-2H3,(H2,33,41)(H,37,42).